The summed E-state index contributed by atoms with van der Waals surface area (Å²) in [6, 6.07) is 10.5. The van der Waals surface area contributed by atoms with Crippen LogP contribution in [-0.2, 0) is 4.74 Å². The monoisotopic (exact) mass is 694 g/mol. The number of likely N-dealkylation sites (N-methyl/N-ethyl adjacent to an activating group) is 1. The Balaban J connectivity index is 1.57. The van der Waals surface area contributed by atoms with Crippen LogP contribution in [0.15, 0.2) is 47.0 Å². The van der Waals surface area contributed by atoms with E-state index in [1.807, 2.05) is 13.8 Å². The molecule has 0 bridgehead atoms. The molecule has 1 aromatic heterocycles. The van der Waals surface area contributed by atoms with Gasteiger partial charge in [0.25, 0.3) is 5.91 Å². The lowest BCUT2D eigenvalue weighted by molar-refractivity contribution is -0.0115. The van der Waals surface area contributed by atoms with Crippen LogP contribution < -0.4 is 25.4 Å². The van der Waals surface area contributed by atoms with Gasteiger partial charge in [-0.3, -0.25) is 4.79 Å². The van der Waals surface area contributed by atoms with Crippen molar-refractivity contribution in [3.05, 3.63) is 59.5 Å². The highest BCUT2D eigenvalue weighted by molar-refractivity contribution is 6.02. The van der Waals surface area contributed by atoms with Gasteiger partial charge in [-0.2, -0.15) is 0 Å². The van der Waals surface area contributed by atoms with E-state index in [-0.39, 0.29) is 49.2 Å². The SMILES string of the molecule is COc1ccc(NC(=O)Nc2ccc3c(c2)C(=O)N([C@H](C)CO)C[C@H](C)[C@H](CN(C)C(=O)Nc2c(C)noc2C)OCCCC[C@H](C)O3)cc1. The van der Waals surface area contributed by atoms with Crippen LogP contribution in [0.25, 0.3) is 0 Å². The number of ether oxygens (including phenoxy) is 3. The zero-order valence-electron chi connectivity index (χ0n) is 29.9. The maximum Gasteiger partial charge on any atom is 0.323 e. The predicted octanol–water partition coefficient (Wildman–Crippen LogP) is 5.90. The largest absolute Gasteiger partial charge is 0.497 e. The molecule has 272 valence electrons. The van der Waals surface area contributed by atoms with Crippen LogP contribution in [-0.4, -0.2) is 96.7 Å². The fourth-order valence-electron chi connectivity index (χ4n) is 5.65. The summed E-state index contributed by atoms with van der Waals surface area (Å²) in [4.78, 5) is 43.6. The van der Waals surface area contributed by atoms with Gasteiger partial charge in [0.05, 0.1) is 37.5 Å². The van der Waals surface area contributed by atoms with Crippen LogP contribution in [0.1, 0.15) is 61.8 Å². The number of nitrogens with zero attached hydrogens (tertiary/aromatic N) is 3. The lowest BCUT2D eigenvalue weighted by atomic mass is 10.0. The third kappa shape index (κ3) is 10.1. The van der Waals surface area contributed by atoms with Gasteiger partial charge in [0.2, 0.25) is 0 Å². The van der Waals surface area contributed by atoms with Crippen molar-refractivity contribution in [3.63, 3.8) is 0 Å². The van der Waals surface area contributed by atoms with Gasteiger partial charge in [0, 0.05) is 44.0 Å². The van der Waals surface area contributed by atoms with Crippen LogP contribution in [0.5, 0.6) is 11.5 Å². The first kappa shape index (κ1) is 38.0. The highest BCUT2D eigenvalue weighted by atomic mass is 16.5. The number of rotatable bonds is 8. The standard InChI is InChI=1S/C36H50N6O8/c1-22-19-42(23(2)21-43)34(44)30-18-28(38-35(45)37-27-11-14-29(47-7)15-12-27)13-16-31(30)49-24(3)10-8-9-17-48-32(22)20-41(6)36(46)39-33-25(4)40-50-26(33)5/h11-16,18,22-24,32,43H,8-10,17,19-21H2,1-7H3,(H,39,46)(H2,37,38,45)/t22-,23+,24-,32-/m0/s1. The molecule has 14 nitrogen and oxygen atoms in total. The fourth-order valence-corrected chi connectivity index (χ4v) is 5.65. The number of methoxy groups -OCH3 is 1. The summed E-state index contributed by atoms with van der Waals surface area (Å²) in [6.07, 6.45) is 1.69. The molecule has 2 heterocycles. The summed E-state index contributed by atoms with van der Waals surface area (Å²) in [6.45, 7) is 9.81. The number of benzene rings is 2. The second kappa shape index (κ2) is 17.7. The van der Waals surface area contributed by atoms with Gasteiger partial charge in [-0.05, 0) is 89.4 Å². The van der Waals surface area contributed by atoms with E-state index in [1.165, 1.54) is 4.90 Å². The normalized spacial score (nSPS) is 19.3. The molecule has 14 heteroatoms. The van der Waals surface area contributed by atoms with E-state index in [4.69, 9.17) is 18.7 Å². The van der Waals surface area contributed by atoms with Crippen LogP contribution in [0.4, 0.5) is 26.7 Å². The molecule has 50 heavy (non-hydrogen) atoms. The van der Waals surface area contributed by atoms with Crippen molar-refractivity contribution in [3.8, 4) is 11.5 Å². The van der Waals surface area contributed by atoms with Gasteiger partial charge in [0.15, 0.2) is 5.76 Å². The number of aliphatic hydroxyl groups is 1. The first-order chi connectivity index (χ1) is 23.9. The Labute approximate surface area is 293 Å². The first-order valence-corrected chi connectivity index (χ1v) is 16.9. The number of hydrogen-bond donors (Lipinski definition) is 4. The van der Waals surface area contributed by atoms with Crippen molar-refractivity contribution in [1.29, 1.82) is 0 Å². The summed E-state index contributed by atoms with van der Waals surface area (Å²) in [5, 5.41) is 22.6. The summed E-state index contributed by atoms with van der Waals surface area (Å²) in [7, 11) is 3.25. The number of anilines is 3. The van der Waals surface area contributed by atoms with Crippen molar-refractivity contribution in [2.45, 2.75) is 72.1 Å². The van der Waals surface area contributed by atoms with Crippen LogP contribution in [0.2, 0.25) is 0 Å². The predicted molar refractivity (Wildman–Crippen MR) is 190 cm³/mol. The Kier molecular flexibility index (Phi) is 13.5. The Morgan fingerprint density at radius 1 is 1.08 bits per heavy atom. The van der Waals surface area contributed by atoms with E-state index in [0.29, 0.717) is 46.6 Å². The molecule has 5 amide bonds. The minimum absolute atomic E-state index is 0.209. The zero-order valence-corrected chi connectivity index (χ0v) is 29.9. The molecule has 4 N–H and O–H groups in total. The molecule has 0 radical (unpaired) electrons. The average molecular weight is 695 g/mol. The minimum Gasteiger partial charge on any atom is -0.497 e. The van der Waals surface area contributed by atoms with Crippen molar-refractivity contribution in [1.82, 2.24) is 15.0 Å². The molecule has 0 spiro atoms. The second-order valence-corrected chi connectivity index (χ2v) is 12.8. The van der Waals surface area contributed by atoms with Crippen LogP contribution in [0.3, 0.4) is 0 Å². The number of hydrogen-bond acceptors (Lipinski definition) is 9. The fraction of sp³-hybridized carbons (Fsp3) is 0.500. The lowest BCUT2D eigenvalue weighted by Crippen LogP contribution is -2.48. The smallest absolute Gasteiger partial charge is 0.323 e. The van der Waals surface area contributed by atoms with Gasteiger partial charge in [-0.15, -0.1) is 0 Å². The third-order valence-corrected chi connectivity index (χ3v) is 8.72. The van der Waals surface area contributed by atoms with E-state index in [9.17, 15) is 19.5 Å². The van der Waals surface area contributed by atoms with E-state index < -0.39 is 18.2 Å². The quantitative estimate of drug-likeness (QED) is 0.224. The number of carbonyl (C=O) groups is 3. The van der Waals surface area contributed by atoms with Crippen molar-refractivity contribution in [2.24, 2.45) is 5.92 Å². The highest BCUT2D eigenvalue weighted by Crippen LogP contribution is 2.29. The number of aromatic nitrogens is 1. The van der Waals surface area contributed by atoms with Gasteiger partial charge >= 0.3 is 12.1 Å². The molecule has 0 aliphatic carbocycles. The number of fused-ring (bicyclic) bond motifs is 1. The highest BCUT2D eigenvalue weighted by Gasteiger charge is 2.31. The molecule has 0 saturated heterocycles. The maximum atomic E-state index is 14.4. The second-order valence-electron chi connectivity index (χ2n) is 12.8. The molecule has 3 aromatic rings. The van der Waals surface area contributed by atoms with Crippen molar-refractivity contribution >= 4 is 35.0 Å². The van der Waals surface area contributed by atoms with Gasteiger partial charge in [-0.25, -0.2) is 9.59 Å². The Bertz CT molecular complexity index is 1580. The third-order valence-electron chi connectivity index (χ3n) is 8.72. The summed E-state index contributed by atoms with van der Waals surface area (Å²) < 4.78 is 23.0. The van der Waals surface area contributed by atoms with Gasteiger partial charge in [-0.1, -0.05) is 12.1 Å². The summed E-state index contributed by atoms with van der Waals surface area (Å²) >= 11 is 0. The number of aryl methyl sites for hydroxylation is 2. The number of nitrogens with one attached hydrogen (secondary N) is 3. The molecule has 1 aliphatic heterocycles. The molecule has 4 rings (SSSR count). The lowest BCUT2D eigenvalue weighted by Gasteiger charge is -2.35. The van der Waals surface area contributed by atoms with Crippen molar-refractivity contribution < 1.29 is 38.2 Å². The zero-order chi connectivity index (χ0) is 36.4. The number of carbonyl (C=O) groups excluding carboxylic acids is 3. The minimum atomic E-state index is -0.556. The molecule has 0 saturated carbocycles. The number of amides is 5. The number of aliphatic hydroxyl groups excluding tert-OH is 1. The summed E-state index contributed by atoms with van der Waals surface area (Å²) in [5.41, 5.74) is 2.30. The molecular formula is C36H50N6O8. The van der Waals surface area contributed by atoms with Gasteiger partial charge < -0.3 is 49.6 Å². The van der Waals surface area contributed by atoms with E-state index >= 15 is 0 Å². The summed E-state index contributed by atoms with van der Waals surface area (Å²) in [5.74, 6) is 0.931. The Hall–Kier alpha value is -4.82. The molecule has 1 aliphatic rings. The van der Waals surface area contributed by atoms with E-state index in [2.05, 4.69) is 21.1 Å². The van der Waals surface area contributed by atoms with Crippen LogP contribution >= 0.6 is 0 Å². The molecular weight excluding hydrogens is 644 g/mol. The maximum absolute atomic E-state index is 14.4. The topological polar surface area (TPSA) is 168 Å². The molecule has 2 aromatic carbocycles. The van der Waals surface area contributed by atoms with E-state index in [0.717, 1.165) is 19.3 Å². The number of urea groups is 2. The van der Waals surface area contributed by atoms with E-state index in [1.54, 1.807) is 82.3 Å². The Morgan fingerprint density at radius 3 is 2.44 bits per heavy atom. The average Bonchev–Trinajstić information content (AvgIpc) is 3.41. The van der Waals surface area contributed by atoms with Crippen LogP contribution in [0, 0.1) is 19.8 Å². The van der Waals surface area contributed by atoms with Crippen molar-refractivity contribution in [2.75, 3.05) is 56.4 Å². The first-order valence-electron chi connectivity index (χ1n) is 16.9. The molecule has 0 unspecified atom stereocenters. The van der Waals surface area contributed by atoms with Gasteiger partial charge in [0.1, 0.15) is 22.9 Å². The molecule has 0 fully saturated rings. The Morgan fingerprint density at radius 2 is 1.78 bits per heavy atom. The molecule has 4 atom stereocenters.